The number of sulfonamides is 1. The molecule has 40 heavy (non-hydrogen) atoms. The minimum atomic E-state index is -4.09. The number of hydrogen-bond acceptors (Lipinski definition) is 9. The highest BCUT2D eigenvalue weighted by molar-refractivity contribution is 7.92. The molecule has 1 amide bonds. The predicted molar refractivity (Wildman–Crippen MR) is 146 cm³/mol. The van der Waals surface area contributed by atoms with E-state index >= 15 is 0 Å². The third-order valence-corrected chi connectivity index (χ3v) is 8.31. The number of phenols is 1. The van der Waals surface area contributed by atoms with Gasteiger partial charge >= 0.3 is 0 Å². The molecule has 1 aliphatic heterocycles. The van der Waals surface area contributed by atoms with Crippen LogP contribution in [0.5, 0.6) is 5.75 Å². The van der Waals surface area contributed by atoms with Crippen molar-refractivity contribution in [3.05, 3.63) is 81.9 Å². The molecule has 2 aromatic heterocycles. The van der Waals surface area contributed by atoms with Gasteiger partial charge in [0, 0.05) is 59.2 Å². The summed E-state index contributed by atoms with van der Waals surface area (Å²) in [6.45, 7) is 2.37. The first kappa shape index (κ1) is 29.4. The molecule has 1 aliphatic rings. The van der Waals surface area contributed by atoms with Gasteiger partial charge in [0.25, 0.3) is 5.91 Å². The van der Waals surface area contributed by atoms with Gasteiger partial charge in [0.05, 0.1) is 29.9 Å². The SMILES string of the molecule is CC(O)C1CN(S(=O)(=O)C=Cc2ccc(Cl)cc2O)CC(C(C)O)N1C(=O)c1cnc(-c2cc[n+]([O-])cc2)nc1. The van der Waals surface area contributed by atoms with Crippen LogP contribution in [0.15, 0.2) is 60.5 Å². The van der Waals surface area contributed by atoms with Crippen LogP contribution in [0.25, 0.3) is 17.5 Å². The zero-order valence-corrected chi connectivity index (χ0v) is 23.1. The summed E-state index contributed by atoms with van der Waals surface area (Å²) in [5.74, 6) is -0.508. The van der Waals surface area contributed by atoms with Crippen molar-refractivity contribution in [2.45, 2.75) is 38.1 Å². The van der Waals surface area contributed by atoms with Crippen LogP contribution in [0, 0.1) is 5.21 Å². The lowest BCUT2D eigenvalue weighted by molar-refractivity contribution is -0.605. The maximum Gasteiger partial charge on any atom is 0.257 e. The Morgan fingerprint density at radius 3 is 2.20 bits per heavy atom. The fourth-order valence-corrected chi connectivity index (χ4v) is 5.77. The molecule has 3 aromatic rings. The largest absolute Gasteiger partial charge is 0.619 e. The van der Waals surface area contributed by atoms with Crippen molar-refractivity contribution in [1.82, 2.24) is 19.2 Å². The molecule has 1 aromatic carbocycles. The zero-order chi connectivity index (χ0) is 29.2. The van der Waals surface area contributed by atoms with Gasteiger partial charge in [-0.15, -0.1) is 0 Å². The average Bonchev–Trinajstić information content (AvgIpc) is 2.92. The highest BCUT2D eigenvalue weighted by Gasteiger charge is 2.44. The summed E-state index contributed by atoms with van der Waals surface area (Å²) in [7, 11) is -4.09. The van der Waals surface area contributed by atoms with Crippen LogP contribution < -0.4 is 4.73 Å². The first-order chi connectivity index (χ1) is 18.9. The molecule has 12 nitrogen and oxygen atoms in total. The van der Waals surface area contributed by atoms with Crippen molar-refractivity contribution in [3.8, 4) is 17.1 Å². The van der Waals surface area contributed by atoms with Gasteiger partial charge in [-0.3, -0.25) is 4.79 Å². The van der Waals surface area contributed by atoms with E-state index < -0.39 is 40.2 Å². The predicted octanol–water partition coefficient (Wildman–Crippen LogP) is 1.39. The fraction of sp³-hybridized carbons (Fsp3) is 0.308. The number of benzene rings is 1. The van der Waals surface area contributed by atoms with Gasteiger partial charge in [-0.1, -0.05) is 11.6 Å². The number of rotatable bonds is 7. The molecular weight excluding hydrogens is 562 g/mol. The van der Waals surface area contributed by atoms with E-state index in [1.54, 1.807) is 0 Å². The number of phenolic OH excluding ortho intramolecular Hbond substituents is 1. The maximum absolute atomic E-state index is 13.6. The number of hydrogen-bond donors (Lipinski definition) is 3. The molecular formula is C26H28ClN5O7S. The number of carbonyl (C=O) groups is 1. The Morgan fingerprint density at radius 1 is 1.10 bits per heavy atom. The molecule has 14 heteroatoms. The smallest absolute Gasteiger partial charge is 0.257 e. The average molecular weight is 590 g/mol. The Hall–Kier alpha value is -3.62. The van der Waals surface area contributed by atoms with Crippen LogP contribution in [-0.2, 0) is 10.0 Å². The monoisotopic (exact) mass is 589 g/mol. The summed E-state index contributed by atoms with van der Waals surface area (Å²) in [6, 6.07) is 5.29. The summed E-state index contributed by atoms with van der Waals surface area (Å²) >= 11 is 5.84. The van der Waals surface area contributed by atoms with Gasteiger partial charge in [0.15, 0.2) is 18.2 Å². The number of carbonyl (C=O) groups excluding carboxylic acids is 1. The van der Waals surface area contributed by atoms with Gasteiger partial charge in [-0.05, 0) is 38.1 Å². The molecule has 3 heterocycles. The molecule has 0 saturated carbocycles. The molecule has 4 rings (SSSR count). The Kier molecular flexibility index (Phi) is 8.71. The van der Waals surface area contributed by atoms with E-state index in [1.165, 1.54) is 79.9 Å². The Morgan fingerprint density at radius 2 is 1.68 bits per heavy atom. The minimum Gasteiger partial charge on any atom is -0.619 e. The molecule has 4 unspecified atom stereocenters. The quantitative estimate of drug-likeness (QED) is 0.272. The van der Waals surface area contributed by atoms with Crippen LogP contribution in [0.2, 0.25) is 5.02 Å². The number of aromatic nitrogens is 3. The molecule has 0 spiro atoms. The van der Waals surface area contributed by atoms with Crippen LogP contribution in [0.3, 0.4) is 0 Å². The lowest BCUT2D eigenvalue weighted by Crippen LogP contribution is -2.66. The van der Waals surface area contributed by atoms with E-state index in [9.17, 15) is 33.7 Å². The van der Waals surface area contributed by atoms with Gasteiger partial charge in [0.1, 0.15) is 5.75 Å². The summed E-state index contributed by atoms with van der Waals surface area (Å²) in [5.41, 5.74) is 0.866. The molecule has 3 N–H and O–H groups in total. The molecule has 0 radical (unpaired) electrons. The summed E-state index contributed by atoms with van der Waals surface area (Å²) in [5, 5.41) is 43.7. The third-order valence-electron chi connectivity index (χ3n) is 6.58. The summed E-state index contributed by atoms with van der Waals surface area (Å²) in [4.78, 5) is 23.3. The normalized spacial score (nSPS) is 20.0. The topological polar surface area (TPSA) is 171 Å². The van der Waals surface area contributed by atoms with E-state index in [2.05, 4.69) is 9.97 Å². The van der Waals surface area contributed by atoms with Crippen LogP contribution in [-0.4, -0.2) is 86.2 Å². The maximum atomic E-state index is 13.6. The van der Waals surface area contributed by atoms with Crippen molar-refractivity contribution >= 4 is 33.6 Å². The number of aromatic hydroxyl groups is 1. The van der Waals surface area contributed by atoms with Crippen LogP contribution >= 0.6 is 11.6 Å². The van der Waals surface area contributed by atoms with Crippen molar-refractivity contribution in [2.24, 2.45) is 0 Å². The minimum absolute atomic E-state index is 0.0734. The number of nitrogens with zero attached hydrogens (tertiary/aromatic N) is 5. The Labute approximate surface area is 236 Å². The molecule has 1 fully saturated rings. The molecule has 212 valence electrons. The molecule has 4 atom stereocenters. The van der Waals surface area contributed by atoms with Gasteiger partial charge in [-0.2, -0.15) is 9.04 Å². The third kappa shape index (κ3) is 6.40. The van der Waals surface area contributed by atoms with Crippen LogP contribution in [0.4, 0.5) is 0 Å². The van der Waals surface area contributed by atoms with E-state index in [-0.39, 0.29) is 40.8 Å². The lowest BCUT2D eigenvalue weighted by atomic mass is 9.99. The molecule has 0 aliphatic carbocycles. The van der Waals surface area contributed by atoms with E-state index in [0.29, 0.717) is 10.3 Å². The van der Waals surface area contributed by atoms with E-state index in [4.69, 9.17) is 11.6 Å². The zero-order valence-electron chi connectivity index (χ0n) is 21.6. The van der Waals surface area contributed by atoms with Crippen molar-refractivity contribution < 1.29 is 33.3 Å². The van der Waals surface area contributed by atoms with E-state index in [1.807, 2.05) is 0 Å². The van der Waals surface area contributed by atoms with Gasteiger partial charge in [-0.25, -0.2) is 18.4 Å². The first-order valence-corrected chi connectivity index (χ1v) is 14.1. The highest BCUT2D eigenvalue weighted by atomic mass is 35.5. The second-order valence-corrected chi connectivity index (χ2v) is 11.7. The van der Waals surface area contributed by atoms with Gasteiger partial charge < -0.3 is 25.4 Å². The Bertz CT molecular complexity index is 1480. The molecule has 1 saturated heterocycles. The number of aliphatic hydroxyl groups is 2. The van der Waals surface area contributed by atoms with Crippen molar-refractivity contribution in [1.29, 1.82) is 0 Å². The van der Waals surface area contributed by atoms with Gasteiger partial charge in [0.2, 0.25) is 10.0 Å². The first-order valence-electron chi connectivity index (χ1n) is 12.2. The van der Waals surface area contributed by atoms with Crippen LogP contribution in [0.1, 0.15) is 29.8 Å². The summed E-state index contributed by atoms with van der Waals surface area (Å²) < 4.78 is 28.2. The second kappa shape index (κ2) is 11.9. The number of pyridine rings is 1. The van der Waals surface area contributed by atoms with E-state index in [0.717, 1.165) is 9.71 Å². The highest BCUT2D eigenvalue weighted by Crippen LogP contribution is 2.28. The fourth-order valence-electron chi connectivity index (χ4n) is 4.39. The number of piperazine rings is 1. The van der Waals surface area contributed by atoms with Crippen molar-refractivity contribution in [3.63, 3.8) is 0 Å². The Balaban J connectivity index is 1.60. The van der Waals surface area contributed by atoms with Crippen molar-refractivity contribution in [2.75, 3.05) is 13.1 Å². The standard InChI is InChI=1S/C26H28ClN5O7S/c1-16(33)22-14-31(40(38,39)10-7-18-3-4-21(27)11-24(18)35)15-23(17(2)34)32(22)26(36)20-12-28-25(29-13-20)19-5-8-30(37)9-6-19/h3-13,16-17,22-23,33-35H,14-15H2,1-2H3. The second-order valence-electron chi connectivity index (χ2n) is 9.44. The number of amides is 1. The molecule has 0 bridgehead atoms. The number of halogens is 1. The lowest BCUT2D eigenvalue weighted by Gasteiger charge is -2.48. The number of aliphatic hydroxyl groups excluding tert-OH is 2. The summed E-state index contributed by atoms with van der Waals surface area (Å²) in [6.07, 6.45) is 4.08.